The van der Waals surface area contributed by atoms with Crippen LogP contribution >= 0.6 is 0 Å². The van der Waals surface area contributed by atoms with Gasteiger partial charge in [-0.3, -0.25) is 14.4 Å². The first-order valence-electron chi connectivity index (χ1n) is 7.80. The van der Waals surface area contributed by atoms with E-state index in [9.17, 15) is 9.90 Å². The van der Waals surface area contributed by atoms with Crippen molar-refractivity contribution in [3.63, 3.8) is 0 Å². The van der Waals surface area contributed by atoms with E-state index in [0.29, 0.717) is 0 Å². The predicted molar refractivity (Wildman–Crippen MR) is 82.2 cm³/mol. The second kappa shape index (κ2) is 6.18. The molecule has 1 saturated carbocycles. The Morgan fingerprint density at radius 3 is 2.57 bits per heavy atom. The summed E-state index contributed by atoms with van der Waals surface area (Å²) in [4.78, 5) is 13.6. The minimum atomic E-state index is -0.696. The number of carboxylic acids is 1. The van der Waals surface area contributed by atoms with E-state index >= 15 is 0 Å². The fraction of sp³-hybridized carbons (Fsp3) is 0.750. The summed E-state index contributed by atoms with van der Waals surface area (Å²) in [6.07, 6.45) is 7.68. The number of aliphatic carboxylic acids is 1. The molecule has 0 radical (unpaired) electrons. The molecule has 1 heterocycles. The van der Waals surface area contributed by atoms with Gasteiger partial charge in [0.25, 0.3) is 0 Å². The van der Waals surface area contributed by atoms with Gasteiger partial charge in [-0.15, -0.1) is 0 Å². The third kappa shape index (κ3) is 3.28. The second-order valence-electron chi connectivity index (χ2n) is 6.49. The summed E-state index contributed by atoms with van der Waals surface area (Å²) in [5.41, 5.74) is 2.00. The lowest BCUT2D eigenvalue weighted by molar-refractivity contribution is -0.141. The van der Waals surface area contributed by atoms with Gasteiger partial charge >= 0.3 is 5.97 Å². The monoisotopic (exact) mass is 293 g/mol. The van der Waals surface area contributed by atoms with Crippen molar-refractivity contribution in [3.05, 3.63) is 17.5 Å². The van der Waals surface area contributed by atoms with Gasteiger partial charge in [0.15, 0.2) is 0 Å². The maximum atomic E-state index is 11.4. The maximum Gasteiger partial charge on any atom is 0.305 e. The Hall–Kier alpha value is -1.36. The zero-order valence-electron chi connectivity index (χ0n) is 13.6. The number of carbonyl (C=O) groups is 1. The van der Waals surface area contributed by atoms with Crippen molar-refractivity contribution in [3.8, 4) is 0 Å². The Morgan fingerprint density at radius 1 is 1.48 bits per heavy atom. The average molecular weight is 293 g/mol. The van der Waals surface area contributed by atoms with Crippen LogP contribution in [0.3, 0.4) is 0 Å². The summed E-state index contributed by atoms with van der Waals surface area (Å²) < 4.78 is 1.83. The third-order valence-electron chi connectivity index (χ3n) is 5.10. The van der Waals surface area contributed by atoms with Gasteiger partial charge in [0.05, 0.1) is 12.1 Å². The SMILES string of the molecule is Cc1nn(C)cc1C(C)N(C)C1(CC(=O)O)CCCCC1. The van der Waals surface area contributed by atoms with E-state index in [-0.39, 0.29) is 18.0 Å². The van der Waals surface area contributed by atoms with Crippen LogP contribution in [0.2, 0.25) is 0 Å². The summed E-state index contributed by atoms with van der Waals surface area (Å²) in [7, 11) is 4.00. The molecule has 1 aromatic rings. The van der Waals surface area contributed by atoms with Crippen LogP contribution in [-0.4, -0.2) is 38.3 Å². The smallest absolute Gasteiger partial charge is 0.305 e. The molecule has 0 amide bonds. The number of aromatic nitrogens is 2. The van der Waals surface area contributed by atoms with E-state index in [1.807, 2.05) is 24.9 Å². The number of aryl methyl sites for hydroxylation is 2. The van der Waals surface area contributed by atoms with Gasteiger partial charge in [-0.2, -0.15) is 5.10 Å². The molecule has 1 fully saturated rings. The first kappa shape index (κ1) is 16.0. The highest BCUT2D eigenvalue weighted by molar-refractivity contribution is 5.68. The lowest BCUT2D eigenvalue weighted by Gasteiger charge is -2.46. The van der Waals surface area contributed by atoms with Gasteiger partial charge in [0.2, 0.25) is 0 Å². The van der Waals surface area contributed by atoms with Crippen LogP contribution in [0.5, 0.6) is 0 Å². The molecule has 21 heavy (non-hydrogen) atoms. The summed E-state index contributed by atoms with van der Waals surface area (Å²) >= 11 is 0. The first-order valence-corrected chi connectivity index (χ1v) is 7.80. The van der Waals surface area contributed by atoms with Gasteiger partial charge in [-0.1, -0.05) is 19.3 Å². The lowest BCUT2D eigenvalue weighted by Crippen LogP contribution is -2.50. The molecule has 0 aliphatic heterocycles. The van der Waals surface area contributed by atoms with E-state index in [2.05, 4.69) is 24.0 Å². The molecule has 1 aliphatic carbocycles. The minimum Gasteiger partial charge on any atom is -0.481 e. The van der Waals surface area contributed by atoms with Crippen LogP contribution in [0.15, 0.2) is 6.20 Å². The van der Waals surface area contributed by atoms with E-state index in [0.717, 1.165) is 31.4 Å². The van der Waals surface area contributed by atoms with Crippen molar-refractivity contribution in [2.75, 3.05) is 7.05 Å². The van der Waals surface area contributed by atoms with Gasteiger partial charge in [-0.05, 0) is 33.7 Å². The maximum absolute atomic E-state index is 11.4. The van der Waals surface area contributed by atoms with Crippen molar-refractivity contribution in [2.24, 2.45) is 7.05 Å². The molecule has 1 unspecified atom stereocenters. The molecule has 0 saturated heterocycles. The zero-order chi connectivity index (χ0) is 15.6. The Morgan fingerprint density at radius 2 is 2.10 bits per heavy atom. The number of hydrogen-bond acceptors (Lipinski definition) is 3. The summed E-state index contributed by atoms with van der Waals surface area (Å²) in [5, 5.41) is 13.8. The number of hydrogen-bond donors (Lipinski definition) is 1. The molecule has 0 aromatic carbocycles. The van der Waals surface area contributed by atoms with Crippen molar-refractivity contribution in [1.29, 1.82) is 0 Å². The number of rotatable bonds is 5. The summed E-state index contributed by atoms with van der Waals surface area (Å²) in [5.74, 6) is -0.696. The molecule has 1 aromatic heterocycles. The Balaban J connectivity index is 2.26. The highest BCUT2D eigenvalue weighted by Crippen LogP contribution is 2.40. The molecule has 0 spiro atoms. The van der Waals surface area contributed by atoms with Crippen LogP contribution in [0.4, 0.5) is 0 Å². The molecule has 0 bridgehead atoms. The largest absolute Gasteiger partial charge is 0.481 e. The molecule has 1 aliphatic rings. The van der Waals surface area contributed by atoms with Crippen molar-refractivity contribution in [2.45, 2.75) is 64.0 Å². The van der Waals surface area contributed by atoms with Crippen molar-refractivity contribution in [1.82, 2.24) is 14.7 Å². The zero-order valence-corrected chi connectivity index (χ0v) is 13.6. The molecule has 1 atom stereocenters. The van der Waals surface area contributed by atoms with Gasteiger partial charge in [0.1, 0.15) is 0 Å². The fourth-order valence-corrected chi connectivity index (χ4v) is 3.79. The van der Waals surface area contributed by atoms with Crippen LogP contribution in [0.25, 0.3) is 0 Å². The molecule has 1 N–H and O–H groups in total. The number of carboxylic acid groups (broad SMARTS) is 1. The first-order chi connectivity index (χ1) is 9.85. The molecule has 5 heteroatoms. The summed E-state index contributed by atoms with van der Waals surface area (Å²) in [6, 6.07) is 0.177. The average Bonchev–Trinajstić information content (AvgIpc) is 2.76. The molecule has 5 nitrogen and oxygen atoms in total. The number of nitrogens with zero attached hydrogens (tertiary/aromatic N) is 3. The molecule has 2 rings (SSSR count). The topological polar surface area (TPSA) is 58.4 Å². The minimum absolute atomic E-state index is 0.177. The van der Waals surface area contributed by atoms with Gasteiger partial charge < -0.3 is 5.11 Å². The highest BCUT2D eigenvalue weighted by atomic mass is 16.4. The Labute approximate surface area is 126 Å². The standard InChI is InChI=1S/C16H27N3O2/c1-12-14(11-18(3)17-12)13(2)19(4)16(10-15(20)21)8-6-5-7-9-16/h11,13H,5-10H2,1-4H3,(H,20,21). The van der Waals surface area contributed by atoms with Crippen LogP contribution in [-0.2, 0) is 11.8 Å². The van der Waals surface area contributed by atoms with E-state index in [1.165, 1.54) is 12.0 Å². The van der Waals surface area contributed by atoms with Crippen molar-refractivity contribution >= 4 is 5.97 Å². The van der Waals surface area contributed by atoms with E-state index in [4.69, 9.17) is 0 Å². The fourth-order valence-electron chi connectivity index (χ4n) is 3.79. The summed E-state index contributed by atoms with van der Waals surface area (Å²) in [6.45, 7) is 4.17. The van der Waals surface area contributed by atoms with E-state index < -0.39 is 5.97 Å². The van der Waals surface area contributed by atoms with Crippen molar-refractivity contribution < 1.29 is 9.90 Å². The normalized spacial score (nSPS) is 19.7. The Bertz CT molecular complexity index is 504. The van der Waals surface area contributed by atoms with Gasteiger partial charge in [0, 0.05) is 30.4 Å². The van der Waals surface area contributed by atoms with Crippen LogP contribution < -0.4 is 0 Å². The third-order valence-corrected chi connectivity index (χ3v) is 5.10. The molecular weight excluding hydrogens is 266 g/mol. The van der Waals surface area contributed by atoms with E-state index in [1.54, 1.807) is 0 Å². The van der Waals surface area contributed by atoms with Crippen LogP contribution in [0.1, 0.15) is 62.7 Å². The Kier molecular flexibility index (Phi) is 4.71. The molecular formula is C16H27N3O2. The predicted octanol–water partition coefficient (Wildman–Crippen LogP) is 2.90. The van der Waals surface area contributed by atoms with Crippen LogP contribution in [0, 0.1) is 6.92 Å². The quantitative estimate of drug-likeness (QED) is 0.907. The lowest BCUT2D eigenvalue weighted by atomic mass is 9.77. The van der Waals surface area contributed by atoms with Gasteiger partial charge in [-0.25, -0.2) is 0 Å². The molecule has 118 valence electrons. The second-order valence-corrected chi connectivity index (χ2v) is 6.49. The highest BCUT2D eigenvalue weighted by Gasteiger charge is 2.40.